The summed E-state index contributed by atoms with van der Waals surface area (Å²) in [4.78, 5) is 28.5. The lowest BCUT2D eigenvalue weighted by atomic mass is 10.1. The first kappa shape index (κ1) is 26.9. The van der Waals surface area contributed by atoms with Crippen molar-refractivity contribution in [2.75, 3.05) is 27.0 Å². The molecule has 0 N–H and O–H groups in total. The monoisotopic (exact) mass is 435 g/mol. The lowest BCUT2D eigenvalue weighted by Crippen LogP contribution is -2.29. The van der Waals surface area contributed by atoms with Gasteiger partial charge in [0.25, 0.3) is 0 Å². The van der Waals surface area contributed by atoms with Crippen LogP contribution >= 0.6 is 23.9 Å². The van der Waals surface area contributed by atoms with Crippen LogP contribution < -0.4 is 0 Å². The van der Waals surface area contributed by atoms with Gasteiger partial charge in [0.15, 0.2) is 0 Å². The number of carbonyl (C=O) groups excluding carboxylic acids is 2. The van der Waals surface area contributed by atoms with Crippen LogP contribution in [0.2, 0.25) is 0 Å². The molecule has 0 rings (SSSR count). The van der Waals surface area contributed by atoms with Crippen molar-refractivity contribution in [2.45, 2.75) is 78.1 Å². The SMILES string of the molecule is CCCCCCCCCCCCOC(=O)N(C)SN(C)C(=O)O/N=C(\C)SC. The zero-order chi connectivity index (χ0) is 21.2. The molecule has 0 aliphatic carbocycles. The van der Waals surface area contributed by atoms with Crippen molar-refractivity contribution >= 4 is 41.1 Å². The fourth-order valence-corrected chi connectivity index (χ4v) is 2.99. The highest BCUT2D eigenvalue weighted by Gasteiger charge is 2.19. The van der Waals surface area contributed by atoms with E-state index in [9.17, 15) is 9.59 Å². The Balaban J connectivity index is 3.74. The molecule has 0 radical (unpaired) electrons. The lowest BCUT2D eigenvalue weighted by molar-refractivity contribution is 0.127. The topological polar surface area (TPSA) is 71.4 Å². The van der Waals surface area contributed by atoms with Gasteiger partial charge in [-0.05, 0) is 19.6 Å². The van der Waals surface area contributed by atoms with Crippen LogP contribution in [0, 0.1) is 0 Å². The summed E-state index contributed by atoms with van der Waals surface area (Å²) < 4.78 is 7.66. The second kappa shape index (κ2) is 18.0. The number of oxime groups is 1. The molecular formula is C19H37N3O4S2. The number of amides is 2. The average Bonchev–Trinajstić information content (AvgIpc) is 2.69. The summed E-state index contributed by atoms with van der Waals surface area (Å²) in [6, 6.07) is 0. The van der Waals surface area contributed by atoms with Crippen LogP contribution in [-0.4, -0.2) is 52.8 Å². The van der Waals surface area contributed by atoms with E-state index in [1.54, 1.807) is 14.0 Å². The molecule has 28 heavy (non-hydrogen) atoms. The van der Waals surface area contributed by atoms with Crippen molar-refractivity contribution in [1.29, 1.82) is 0 Å². The third-order valence-electron chi connectivity index (χ3n) is 4.03. The van der Waals surface area contributed by atoms with E-state index >= 15 is 0 Å². The van der Waals surface area contributed by atoms with E-state index in [0.717, 1.165) is 25.0 Å². The molecule has 0 bridgehead atoms. The minimum atomic E-state index is -0.659. The Morgan fingerprint density at radius 2 is 1.36 bits per heavy atom. The molecule has 0 heterocycles. The summed E-state index contributed by atoms with van der Waals surface area (Å²) in [7, 11) is 3.05. The Hall–Kier alpha value is -1.09. The Bertz CT molecular complexity index is 464. The summed E-state index contributed by atoms with van der Waals surface area (Å²) in [5, 5.41) is 4.30. The molecule has 9 heteroatoms. The van der Waals surface area contributed by atoms with Crippen LogP contribution in [-0.2, 0) is 9.57 Å². The molecule has 0 aliphatic rings. The summed E-state index contributed by atoms with van der Waals surface area (Å²) in [5.74, 6) is 0. The Morgan fingerprint density at radius 3 is 1.89 bits per heavy atom. The fraction of sp³-hybridized carbons (Fsp3) is 0.842. The molecule has 7 nitrogen and oxygen atoms in total. The first-order valence-electron chi connectivity index (χ1n) is 10.0. The van der Waals surface area contributed by atoms with Crippen molar-refractivity contribution in [3.63, 3.8) is 0 Å². The van der Waals surface area contributed by atoms with E-state index in [1.165, 1.54) is 78.8 Å². The number of hydrogen-bond donors (Lipinski definition) is 0. The second-order valence-corrected chi connectivity index (χ2v) is 8.80. The molecule has 0 atom stereocenters. The second-order valence-electron chi connectivity index (χ2n) is 6.54. The van der Waals surface area contributed by atoms with Crippen LogP contribution in [0.25, 0.3) is 0 Å². The molecule has 0 aliphatic heterocycles. The van der Waals surface area contributed by atoms with Gasteiger partial charge in [0.2, 0.25) is 0 Å². The zero-order valence-electron chi connectivity index (χ0n) is 18.1. The maximum Gasteiger partial charge on any atom is 0.447 e. The minimum Gasteiger partial charge on any atom is -0.449 e. The van der Waals surface area contributed by atoms with Gasteiger partial charge >= 0.3 is 12.2 Å². The van der Waals surface area contributed by atoms with Crippen molar-refractivity contribution < 1.29 is 19.2 Å². The van der Waals surface area contributed by atoms with E-state index in [1.807, 2.05) is 6.26 Å². The van der Waals surface area contributed by atoms with E-state index in [-0.39, 0.29) is 0 Å². The Morgan fingerprint density at radius 1 is 0.857 bits per heavy atom. The predicted octanol–water partition coefficient (Wildman–Crippen LogP) is 6.30. The van der Waals surface area contributed by atoms with Gasteiger partial charge in [-0.25, -0.2) is 18.2 Å². The third-order valence-corrected chi connectivity index (χ3v) is 5.48. The number of nitrogens with zero attached hydrogens (tertiary/aromatic N) is 3. The van der Waals surface area contributed by atoms with Gasteiger partial charge in [0.05, 0.1) is 18.7 Å². The number of thioether (sulfide) groups is 1. The zero-order valence-corrected chi connectivity index (χ0v) is 19.7. The highest BCUT2D eigenvalue weighted by atomic mass is 32.2. The van der Waals surface area contributed by atoms with E-state index in [0.29, 0.717) is 11.7 Å². The molecule has 2 amide bonds. The quantitative estimate of drug-likeness (QED) is 0.0795. The van der Waals surface area contributed by atoms with Crippen molar-refractivity contribution in [2.24, 2.45) is 5.16 Å². The number of hydrogen-bond acceptors (Lipinski definition) is 7. The van der Waals surface area contributed by atoms with Gasteiger partial charge in [0, 0.05) is 14.1 Å². The predicted molar refractivity (Wildman–Crippen MR) is 119 cm³/mol. The highest BCUT2D eigenvalue weighted by Crippen LogP contribution is 2.15. The molecule has 0 fully saturated rings. The van der Waals surface area contributed by atoms with Crippen LogP contribution in [0.4, 0.5) is 9.59 Å². The van der Waals surface area contributed by atoms with Crippen molar-refractivity contribution in [3.8, 4) is 0 Å². The van der Waals surface area contributed by atoms with E-state index in [4.69, 9.17) is 9.57 Å². The smallest absolute Gasteiger partial charge is 0.447 e. The molecule has 0 aromatic carbocycles. The van der Waals surface area contributed by atoms with Crippen molar-refractivity contribution in [3.05, 3.63) is 0 Å². The summed E-state index contributed by atoms with van der Waals surface area (Å²) in [5.41, 5.74) is 0. The first-order chi connectivity index (χ1) is 13.4. The molecule has 0 aromatic heterocycles. The van der Waals surface area contributed by atoms with Gasteiger partial charge in [0.1, 0.15) is 5.04 Å². The summed E-state index contributed by atoms with van der Waals surface area (Å²) >= 11 is 2.28. The molecule has 164 valence electrons. The molecular weight excluding hydrogens is 398 g/mol. The third kappa shape index (κ3) is 14.9. The fourth-order valence-electron chi connectivity index (χ4n) is 2.29. The number of rotatable bonds is 14. The van der Waals surface area contributed by atoms with Gasteiger partial charge < -0.3 is 4.74 Å². The number of unbranched alkanes of at least 4 members (excludes halogenated alkanes) is 9. The van der Waals surface area contributed by atoms with Gasteiger partial charge in [-0.2, -0.15) is 0 Å². The molecule has 0 unspecified atom stereocenters. The van der Waals surface area contributed by atoms with Crippen LogP contribution in [0.15, 0.2) is 5.16 Å². The number of ether oxygens (including phenoxy) is 1. The van der Waals surface area contributed by atoms with Crippen LogP contribution in [0.1, 0.15) is 78.1 Å². The standard InChI is InChI=1S/C19H37N3O4S2/c1-6-7-8-9-10-11-12-13-14-15-16-25-18(23)21(3)28-22(4)19(24)26-20-17(2)27-5/h6-16H2,1-5H3/b20-17+. The molecule has 0 aromatic rings. The molecule has 0 spiro atoms. The molecule has 0 saturated carbocycles. The minimum absolute atomic E-state index is 0.394. The van der Waals surface area contributed by atoms with E-state index < -0.39 is 12.2 Å². The van der Waals surface area contributed by atoms with Crippen LogP contribution in [0.3, 0.4) is 0 Å². The number of carbonyl (C=O) groups is 2. The van der Waals surface area contributed by atoms with Gasteiger partial charge in [-0.3, -0.25) is 4.84 Å². The largest absolute Gasteiger partial charge is 0.449 e. The Labute approximate surface area is 179 Å². The van der Waals surface area contributed by atoms with Gasteiger partial charge in [-0.15, -0.1) is 11.8 Å². The maximum absolute atomic E-state index is 11.9. The highest BCUT2D eigenvalue weighted by molar-refractivity contribution is 8.13. The summed E-state index contributed by atoms with van der Waals surface area (Å²) in [6.07, 6.45) is 13.0. The van der Waals surface area contributed by atoms with Gasteiger partial charge in [-0.1, -0.05) is 69.9 Å². The van der Waals surface area contributed by atoms with Crippen LogP contribution in [0.5, 0.6) is 0 Å². The first-order valence-corrected chi connectivity index (χ1v) is 12.0. The normalized spacial score (nSPS) is 11.2. The maximum atomic E-state index is 11.9. The summed E-state index contributed by atoms with van der Waals surface area (Å²) in [6.45, 7) is 4.37. The van der Waals surface area contributed by atoms with E-state index in [2.05, 4.69) is 12.1 Å². The average molecular weight is 436 g/mol. The molecule has 0 saturated heterocycles. The lowest BCUT2D eigenvalue weighted by Gasteiger charge is -2.20. The van der Waals surface area contributed by atoms with Crippen molar-refractivity contribution in [1.82, 2.24) is 8.61 Å². The Kier molecular flexibility index (Phi) is 17.3.